The van der Waals surface area contributed by atoms with E-state index in [0.717, 1.165) is 24.2 Å². The molecule has 0 spiro atoms. The highest BCUT2D eigenvalue weighted by Gasteiger charge is 2.05. The summed E-state index contributed by atoms with van der Waals surface area (Å²) in [5, 5.41) is 3.23. The maximum Gasteiger partial charge on any atom is 0.339 e. The second-order valence-electron chi connectivity index (χ2n) is 4.59. The molecule has 0 unspecified atom stereocenters. The van der Waals surface area contributed by atoms with E-state index in [-0.39, 0.29) is 5.82 Å². The second-order valence-corrected chi connectivity index (χ2v) is 4.59. The molecule has 21 heavy (non-hydrogen) atoms. The summed E-state index contributed by atoms with van der Waals surface area (Å²) >= 11 is 0. The predicted octanol–water partition coefficient (Wildman–Crippen LogP) is 2.34. The van der Waals surface area contributed by atoms with E-state index < -0.39 is 5.97 Å². The fourth-order valence-corrected chi connectivity index (χ4v) is 1.91. The monoisotopic (exact) mass is 288 g/mol. The van der Waals surface area contributed by atoms with Crippen LogP contribution in [0.1, 0.15) is 21.6 Å². The number of esters is 1. The van der Waals surface area contributed by atoms with Gasteiger partial charge in [-0.25, -0.2) is 9.18 Å². The van der Waals surface area contributed by atoms with Gasteiger partial charge in [0.1, 0.15) is 5.82 Å². The van der Waals surface area contributed by atoms with Crippen LogP contribution in [0, 0.1) is 5.82 Å². The lowest BCUT2D eigenvalue weighted by Gasteiger charge is -2.05. The molecule has 110 valence electrons. The summed E-state index contributed by atoms with van der Waals surface area (Å²) in [6.07, 6.45) is 2.24. The molecule has 1 aromatic carbocycles. The standard InChI is InChI=1S/C16H17FN2O2/c1-21-16(20)13-5-6-15(19-10-13)11-18-8-7-12-3-2-4-14(17)9-12/h2-6,9-10,18H,7-8,11H2,1H3. The SMILES string of the molecule is COC(=O)c1ccc(CNCCc2cccc(F)c2)nc1. The average Bonchev–Trinajstić information content (AvgIpc) is 2.51. The van der Waals surface area contributed by atoms with Crippen molar-refractivity contribution in [3.8, 4) is 0 Å². The maximum atomic E-state index is 13.0. The lowest BCUT2D eigenvalue weighted by molar-refractivity contribution is 0.0600. The van der Waals surface area contributed by atoms with Crippen LogP contribution in [0.5, 0.6) is 0 Å². The minimum absolute atomic E-state index is 0.215. The van der Waals surface area contributed by atoms with Gasteiger partial charge in [-0.3, -0.25) is 4.98 Å². The summed E-state index contributed by atoms with van der Waals surface area (Å²) in [6, 6.07) is 10.0. The van der Waals surface area contributed by atoms with E-state index in [0.29, 0.717) is 12.1 Å². The van der Waals surface area contributed by atoms with Gasteiger partial charge >= 0.3 is 5.97 Å². The topological polar surface area (TPSA) is 51.2 Å². The summed E-state index contributed by atoms with van der Waals surface area (Å²) in [4.78, 5) is 15.4. The Morgan fingerprint density at radius 3 is 2.86 bits per heavy atom. The number of benzene rings is 1. The lowest BCUT2D eigenvalue weighted by Crippen LogP contribution is -2.17. The molecule has 4 nitrogen and oxygen atoms in total. The quantitative estimate of drug-likeness (QED) is 0.655. The number of hydrogen-bond acceptors (Lipinski definition) is 4. The van der Waals surface area contributed by atoms with Crippen LogP contribution >= 0.6 is 0 Å². The van der Waals surface area contributed by atoms with Crippen molar-refractivity contribution in [2.45, 2.75) is 13.0 Å². The van der Waals surface area contributed by atoms with Gasteiger partial charge in [0.2, 0.25) is 0 Å². The molecular formula is C16H17FN2O2. The van der Waals surface area contributed by atoms with E-state index in [2.05, 4.69) is 15.0 Å². The van der Waals surface area contributed by atoms with E-state index in [1.807, 2.05) is 6.07 Å². The molecule has 2 aromatic rings. The zero-order valence-corrected chi connectivity index (χ0v) is 11.8. The third-order valence-electron chi connectivity index (χ3n) is 3.03. The Balaban J connectivity index is 1.77. The molecule has 0 saturated heterocycles. The number of pyridine rings is 1. The molecule has 2 rings (SSSR count). The van der Waals surface area contributed by atoms with Gasteiger partial charge in [0.15, 0.2) is 0 Å². The Morgan fingerprint density at radius 1 is 1.33 bits per heavy atom. The summed E-state index contributed by atoms with van der Waals surface area (Å²) < 4.78 is 17.6. The Bertz CT molecular complexity index is 599. The lowest BCUT2D eigenvalue weighted by atomic mass is 10.1. The molecule has 1 N–H and O–H groups in total. The summed E-state index contributed by atoms with van der Waals surface area (Å²) in [6.45, 7) is 1.32. The number of rotatable bonds is 6. The van der Waals surface area contributed by atoms with E-state index in [4.69, 9.17) is 0 Å². The van der Waals surface area contributed by atoms with Crippen LogP contribution in [-0.2, 0) is 17.7 Å². The summed E-state index contributed by atoms with van der Waals surface area (Å²) in [7, 11) is 1.34. The number of hydrogen-bond donors (Lipinski definition) is 1. The van der Waals surface area contributed by atoms with Crippen molar-refractivity contribution >= 4 is 5.97 Å². The normalized spacial score (nSPS) is 10.4. The zero-order chi connectivity index (χ0) is 15.1. The number of nitrogens with one attached hydrogen (secondary N) is 1. The first-order valence-corrected chi connectivity index (χ1v) is 6.67. The molecule has 1 heterocycles. The molecule has 0 aliphatic rings. The molecule has 0 amide bonds. The number of halogens is 1. The van der Waals surface area contributed by atoms with Gasteiger partial charge in [0.05, 0.1) is 18.4 Å². The molecule has 0 atom stereocenters. The van der Waals surface area contributed by atoms with Gasteiger partial charge < -0.3 is 10.1 Å². The van der Waals surface area contributed by atoms with Gasteiger partial charge in [-0.15, -0.1) is 0 Å². The number of aromatic nitrogens is 1. The Labute approximate surface area is 123 Å². The summed E-state index contributed by atoms with van der Waals surface area (Å²) in [5.41, 5.74) is 2.22. The number of ether oxygens (including phenoxy) is 1. The molecular weight excluding hydrogens is 271 g/mol. The third kappa shape index (κ3) is 4.65. The highest BCUT2D eigenvalue weighted by Crippen LogP contribution is 2.04. The predicted molar refractivity (Wildman–Crippen MR) is 77.4 cm³/mol. The van der Waals surface area contributed by atoms with Gasteiger partial charge in [-0.1, -0.05) is 12.1 Å². The van der Waals surface area contributed by atoms with Gasteiger partial charge in [-0.05, 0) is 42.8 Å². The summed E-state index contributed by atoms with van der Waals surface area (Å²) in [5.74, 6) is -0.610. The van der Waals surface area contributed by atoms with Crippen LogP contribution in [0.2, 0.25) is 0 Å². The molecule has 0 fully saturated rings. The van der Waals surface area contributed by atoms with Crippen LogP contribution in [0.25, 0.3) is 0 Å². The smallest absolute Gasteiger partial charge is 0.339 e. The largest absolute Gasteiger partial charge is 0.465 e. The number of carbonyl (C=O) groups is 1. The van der Waals surface area contributed by atoms with Crippen LogP contribution < -0.4 is 5.32 Å². The van der Waals surface area contributed by atoms with Gasteiger partial charge in [0, 0.05) is 12.7 Å². The van der Waals surface area contributed by atoms with Crippen molar-refractivity contribution < 1.29 is 13.9 Å². The first-order chi connectivity index (χ1) is 10.2. The van der Waals surface area contributed by atoms with Gasteiger partial charge in [0.25, 0.3) is 0 Å². The number of nitrogens with zero attached hydrogens (tertiary/aromatic N) is 1. The van der Waals surface area contributed by atoms with Crippen molar-refractivity contribution in [2.24, 2.45) is 0 Å². The zero-order valence-electron chi connectivity index (χ0n) is 11.8. The molecule has 0 radical (unpaired) electrons. The van der Waals surface area contributed by atoms with E-state index in [1.165, 1.54) is 25.4 Å². The molecule has 0 aliphatic carbocycles. The molecule has 5 heteroatoms. The van der Waals surface area contributed by atoms with Crippen molar-refractivity contribution in [2.75, 3.05) is 13.7 Å². The van der Waals surface area contributed by atoms with E-state index in [1.54, 1.807) is 18.2 Å². The Kier molecular flexibility index (Phi) is 5.40. The molecule has 0 bridgehead atoms. The van der Waals surface area contributed by atoms with E-state index >= 15 is 0 Å². The first-order valence-electron chi connectivity index (χ1n) is 6.67. The third-order valence-corrected chi connectivity index (χ3v) is 3.03. The van der Waals surface area contributed by atoms with Crippen LogP contribution in [0.15, 0.2) is 42.6 Å². The fourth-order valence-electron chi connectivity index (χ4n) is 1.91. The van der Waals surface area contributed by atoms with Crippen LogP contribution in [0.4, 0.5) is 4.39 Å². The van der Waals surface area contributed by atoms with Gasteiger partial charge in [-0.2, -0.15) is 0 Å². The Hall–Kier alpha value is -2.27. The highest BCUT2D eigenvalue weighted by molar-refractivity contribution is 5.88. The van der Waals surface area contributed by atoms with Crippen LogP contribution in [-0.4, -0.2) is 24.6 Å². The second kappa shape index (κ2) is 7.50. The highest BCUT2D eigenvalue weighted by atomic mass is 19.1. The van der Waals surface area contributed by atoms with Crippen molar-refractivity contribution in [1.29, 1.82) is 0 Å². The van der Waals surface area contributed by atoms with Crippen molar-refractivity contribution in [3.63, 3.8) is 0 Å². The first kappa shape index (κ1) is 15.1. The van der Waals surface area contributed by atoms with E-state index in [9.17, 15) is 9.18 Å². The molecule has 0 saturated carbocycles. The minimum Gasteiger partial charge on any atom is -0.465 e. The van der Waals surface area contributed by atoms with Crippen LogP contribution in [0.3, 0.4) is 0 Å². The number of methoxy groups -OCH3 is 1. The number of carbonyl (C=O) groups excluding carboxylic acids is 1. The molecule has 1 aromatic heterocycles. The maximum absolute atomic E-state index is 13.0. The van der Waals surface area contributed by atoms with Crippen molar-refractivity contribution in [3.05, 3.63) is 65.2 Å². The fraction of sp³-hybridized carbons (Fsp3) is 0.250. The minimum atomic E-state index is -0.395. The average molecular weight is 288 g/mol. The molecule has 0 aliphatic heterocycles. The Morgan fingerprint density at radius 2 is 2.19 bits per heavy atom. The van der Waals surface area contributed by atoms with Crippen molar-refractivity contribution in [1.82, 2.24) is 10.3 Å².